The Balaban J connectivity index is 3.05. The molecule has 20 heavy (non-hydrogen) atoms. The van der Waals surface area contributed by atoms with Crippen molar-refractivity contribution in [1.29, 1.82) is 0 Å². The van der Waals surface area contributed by atoms with E-state index >= 15 is 0 Å². The average molecular weight is 323 g/mol. The van der Waals surface area contributed by atoms with Gasteiger partial charge in [-0.1, -0.05) is 25.4 Å². The van der Waals surface area contributed by atoms with Crippen LogP contribution >= 0.6 is 11.6 Å². The molecule has 8 heteroatoms. The van der Waals surface area contributed by atoms with Gasteiger partial charge in [0.1, 0.15) is 5.82 Å². The second-order valence-corrected chi connectivity index (χ2v) is 6.69. The highest BCUT2D eigenvalue weighted by Crippen LogP contribution is 2.24. The zero-order chi connectivity index (χ0) is 15.5. The molecule has 0 unspecified atom stereocenters. The van der Waals surface area contributed by atoms with Crippen LogP contribution in [0.1, 0.15) is 30.6 Å². The summed E-state index contributed by atoms with van der Waals surface area (Å²) in [4.78, 5) is 11.4. The second-order valence-electron chi connectivity index (χ2n) is 4.75. The number of benzene rings is 1. The lowest BCUT2D eigenvalue weighted by Gasteiger charge is -2.10. The molecule has 0 aliphatic rings. The van der Waals surface area contributed by atoms with Crippen molar-refractivity contribution in [2.24, 2.45) is 11.1 Å². The molecular weight excluding hydrogens is 307 g/mol. The number of sulfonamides is 1. The molecule has 0 heterocycles. The maximum absolute atomic E-state index is 13.5. The van der Waals surface area contributed by atoms with E-state index < -0.39 is 31.7 Å². The van der Waals surface area contributed by atoms with Crippen molar-refractivity contribution >= 4 is 27.5 Å². The van der Waals surface area contributed by atoms with Crippen molar-refractivity contribution in [2.45, 2.75) is 25.2 Å². The van der Waals surface area contributed by atoms with Gasteiger partial charge in [0.25, 0.3) is 5.91 Å². The molecule has 0 aromatic heterocycles. The largest absolute Gasteiger partial charge is 0.352 e. The molecule has 3 N–H and O–H groups in total. The SMILES string of the molecule is CC(C)CCNC(=O)c1cc(S(N)(=O)=O)cc(F)c1Cl. The van der Waals surface area contributed by atoms with Gasteiger partial charge in [-0.2, -0.15) is 0 Å². The van der Waals surface area contributed by atoms with Crippen LogP contribution in [0.5, 0.6) is 0 Å². The van der Waals surface area contributed by atoms with Crippen LogP contribution in [0.15, 0.2) is 17.0 Å². The number of hydrogen-bond acceptors (Lipinski definition) is 3. The Bertz CT molecular complexity index is 617. The Morgan fingerprint density at radius 3 is 2.55 bits per heavy atom. The lowest BCUT2D eigenvalue weighted by Crippen LogP contribution is -2.26. The number of carbonyl (C=O) groups is 1. The van der Waals surface area contributed by atoms with Crippen molar-refractivity contribution in [1.82, 2.24) is 5.32 Å². The first kappa shape index (κ1) is 16.9. The maximum atomic E-state index is 13.5. The lowest BCUT2D eigenvalue weighted by molar-refractivity contribution is 0.0951. The van der Waals surface area contributed by atoms with E-state index in [-0.39, 0.29) is 5.56 Å². The number of nitrogens with two attached hydrogens (primary N) is 1. The van der Waals surface area contributed by atoms with Gasteiger partial charge in [0.2, 0.25) is 10.0 Å². The molecule has 0 bridgehead atoms. The van der Waals surface area contributed by atoms with E-state index in [0.29, 0.717) is 18.5 Å². The Kier molecular flexibility index (Phi) is 5.50. The standard InChI is InChI=1S/C12H16ClFN2O3S/c1-7(2)3-4-16-12(17)9-5-8(20(15,18)19)6-10(14)11(9)13/h5-7H,3-4H2,1-2H3,(H,16,17)(H2,15,18,19). The Labute approximate surface area is 122 Å². The second kappa shape index (κ2) is 6.51. The highest BCUT2D eigenvalue weighted by atomic mass is 35.5. The van der Waals surface area contributed by atoms with Crippen LogP contribution in [0.3, 0.4) is 0 Å². The van der Waals surface area contributed by atoms with E-state index in [4.69, 9.17) is 16.7 Å². The van der Waals surface area contributed by atoms with Crippen LogP contribution < -0.4 is 10.5 Å². The van der Waals surface area contributed by atoms with Crippen molar-refractivity contribution in [3.8, 4) is 0 Å². The summed E-state index contributed by atoms with van der Waals surface area (Å²) in [6, 6.07) is 1.65. The molecule has 0 atom stereocenters. The van der Waals surface area contributed by atoms with Gasteiger partial charge in [0.05, 0.1) is 15.5 Å². The minimum absolute atomic E-state index is 0.251. The number of rotatable bonds is 5. The molecule has 1 aromatic carbocycles. The highest BCUT2D eigenvalue weighted by molar-refractivity contribution is 7.89. The van der Waals surface area contributed by atoms with Crippen LogP contribution in [0, 0.1) is 11.7 Å². The molecule has 0 saturated heterocycles. The smallest absolute Gasteiger partial charge is 0.252 e. The molecule has 1 aromatic rings. The number of primary sulfonamides is 1. The minimum atomic E-state index is -4.11. The zero-order valence-electron chi connectivity index (χ0n) is 11.1. The zero-order valence-corrected chi connectivity index (χ0v) is 12.7. The molecule has 0 saturated carbocycles. The number of carbonyl (C=O) groups excluding carboxylic acids is 1. The quantitative estimate of drug-likeness (QED) is 0.867. The predicted molar refractivity (Wildman–Crippen MR) is 74.6 cm³/mol. The Morgan fingerprint density at radius 2 is 2.05 bits per heavy atom. The summed E-state index contributed by atoms with van der Waals surface area (Å²) in [5.74, 6) is -1.26. The van der Waals surface area contributed by atoms with Crippen LogP contribution in [0.25, 0.3) is 0 Å². The topological polar surface area (TPSA) is 89.3 Å². The maximum Gasteiger partial charge on any atom is 0.252 e. The third-order valence-corrected chi connectivity index (χ3v) is 3.86. The van der Waals surface area contributed by atoms with E-state index in [1.165, 1.54) is 0 Å². The molecular formula is C12H16ClFN2O3S. The number of nitrogens with one attached hydrogen (secondary N) is 1. The van der Waals surface area contributed by atoms with Crippen LogP contribution in [-0.2, 0) is 10.0 Å². The summed E-state index contributed by atoms with van der Waals surface area (Å²) >= 11 is 5.68. The van der Waals surface area contributed by atoms with Crippen molar-refractivity contribution in [3.63, 3.8) is 0 Å². The predicted octanol–water partition coefficient (Wildman–Crippen LogP) is 1.90. The van der Waals surface area contributed by atoms with Gasteiger partial charge in [-0.15, -0.1) is 0 Å². The van der Waals surface area contributed by atoms with Gasteiger partial charge in [-0.25, -0.2) is 17.9 Å². The molecule has 0 radical (unpaired) electrons. The van der Waals surface area contributed by atoms with E-state index in [0.717, 1.165) is 12.5 Å². The minimum Gasteiger partial charge on any atom is -0.352 e. The molecule has 1 amide bonds. The fraction of sp³-hybridized carbons (Fsp3) is 0.417. The first-order chi connectivity index (χ1) is 9.12. The van der Waals surface area contributed by atoms with Crippen LogP contribution in [-0.4, -0.2) is 20.9 Å². The third-order valence-electron chi connectivity index (χ3n) is 2.58. The molecule has 112 valence electrons. The lowest BCUT2D eigenvalue weighted by atomic mass is 10.1. The molecule has 0 aliphatic heterocycles. The van der Waals surface area contributed by atoms with Crippen molar-refractivity contribution < 1.29 is 17.6 Å². The summed E-state index contributed by atoms with van der Waals surface area (Å²) in [5.41, 5.74) is -0.251. The summed E-state index contributed by atoms with van der Waals surface area (Å²) in [6.45, 7) is 4.36. The summed E-state index contributed by atoms with van der Waals surface area (Å²) < 4.78 is 36.0. The molecule has 5 nitrogen and oxygen atoms in total. The number of hydrogen-bond donors (Lipinski definition) is 2. The van der Waals surface area contributed by atoms with Gasteiger partial charge in [-0.05, 0) is 24.5 Å². The molecule has 0 fully saturated rings. The van der Waals surface area contributed by atoms with Gasteiger partial charge in [-0.3, -0.25) is 4.79 Å². The first-order valence-corrected chi connectivity index (χ1v) is 7.85. The normalized spacial score (nSPS) is 11.7. The summed E-state index contributed by atoms with van der Waals surface area (Å²) in [7, 11) is -4.11. The number of amides is 1. The Hall–Kier alpha value is -1.18. The monoisotopic (exact) mass is 322 g/mol. The third kappa shape index (κ3) is 4.43. The van der Waals surface area contributed by atoms with Gasteiger partial charge >= 0.3 is 0 Å². The fourth-order valence-electron chi connectivity index (χ4n) is 1.46. The highest BCUT2D eigenvalue weighted by Gasteiger charge is 2.19. The molecule has 0 spiro atoms. The fourth-order valence-corrected chi connectivity index (χ4v) is 2.21. The van der Waals surface area contributed by atoms with Gasteiger partial charge in [0, 0.05) is 6.54 Å². The summed E-state index contributed by atoms with van der Waals surface area (Å²) in [6.07, 6.45) is 0.737. The summed E-state index contributed by atoms with van der Waals surface area (Å²) in [5, 5.41) is 7.04. The van der Waals surface area contributed by atoms with Crippen LogP contribution in [0.4, 0.5) is 4.39 Å². The van der Waals surface area contributed by atoms with E-state index in [2.05, 4.69) is 5.32 Å². The van der Waals surface area contributed by atoms with E-state index in [1.807, 2.05) is 13.8 Å². The van der Waals surface area contributed by atoms with Gasteiger partial charge in [0.15, 0.2) is 0 Å². The van der Waals surface area contributed by atoms with Crippen molar-refractivity contribution in [2.75, 3.05) is 6.54 Å². The van der Waals surface area contributed by atoms with Crippen molar-refractivity contribution in [3.05, 3.63) is 28.5 Å². The van der Waals surface area contributed by atoms with E-state index in [1.54, 1.807) is 0 Å². The van der Waals surface area contributed by atoms with E-state index in [9.17, 15) is 17.6 Å². The van der Waals surface area contributed by atoms with Crippen LogP contribution in [0.2, 0.25) is 5.02 Å². The molecule has 0 aliphatic carbocycles. The number of halogens is 2. The molecule has 1 rings (SSSR count). The Morgan fingerprint density at radius 1 is 1.45 bits per heavy atom. The average Bonchev–Trinajstić information content (AvgIpc) is 2.30. The van der Waals surface area contributed by atoms with Gasteiger partial charge < -0.3 is 5.32 Å². The first-order valence-electron chi connectivity index (χ1n) is 5.93.